The van der Waals surface area contributed by atoms with Crippen LogP contribution in [0.4, 0.5) is 0 Å². The van der Waals surface area contributed by atoms with Gasteiger partial charge in [0.25, 0.3) is 0 Å². The van der Waals surface area contributed by atoms with Crippen molar-refractivity contribution in [2.24, 2.45) is 0 Å². The first kappa shape index (κ1) is 13.9. The second-order valence-electron chi connectivity index (χ2n) is 3.22. The van der Waals surface area contributed by atoms with Crippen LogP contribution in [-0.4, -0.2) is 47.6 Å². The molecule has 0 aromatic heterocycles. The lowest BCUT2D eigenvalue weighted by Crippen LogP contribution is -2.47. The van der Waals surface area contributed by atoms with Gasteiger partial charge < -0.3 is 15.3 Å². The van der Waals surface area contributed by atoms with Gasteiger partial charge in [-0.1, -0.05) is 6.92 Å². The summed E-state index contributed by atoms with van der Waals surface area (Å²) in [4.78, 5) is 24.0. The lowest BCUT2D eigenvalue weighted by atomic mass is 10.1. The van der Waals surface area contributed by atoms with Crippen molar-refractivity contribution in [3.63, 3.8) is 0 Å². The molecule has 1 amide bonds. The van der Waals surface area contributed by atoms with Crippen LogP contribution >= 0.6 is 0 Å². The van der Waals surface area contributed by atoms with E-state index in [1.165, 1.54) is 0 Å². The number of rotatable bonds is 7. The zero-order valence-electron chi connectivity index (χ0n) is 9.62. The Kier molecular flexibility index (Phi) is 6.70. The van der Waals surface area contributed by atoms with Crippen molar-refractivity contribution in [1.82, 2.24) is 10.2 Å². The van der Waals surface area contributed by atoms with Crippen molar-refractivity contribution in [3.05, 3.63) is 0 Å². The Balaban J connectivity index is 4.45. The number of nitrogens with zero attached hydrogens (tertiary/aromatic N) is 1. The van der Waals surface area contributed by atoms with E-state index in [2.05, 4.69) is 5.32 Å². The summed E-state index contributed by atoms with van der Waals surface area (Å²) >= 11 is 0. The van der Waals surface area contributed by atoms with Crippen molar-refractivity contribution in [1.29, 1.82) is 0 Å². The third-order valence-corrected chi connectivity index (χ3v) is 2.20. The number of amides is 1. The number of nitrogens with one attached hydrogen (secondary N) is 1. The zero-order chi connectivity index (χ0) is 11.8. The highest BCUT2D eigenvalue weighted by Crippen LogP contribution is 2.00. The summed E-state index contributed by atoms with van der Waals surface area (Å²) in [6.45, 7) is 7.42. The monoisotopic (exact) mass is 216 g/mol. The van der Waals surface area contributed by atoms with Crippen molar-refractivity contribution in [2.75, 3.05) is 19.6 Å². The highest BCUT2D eigenvalue weighted by molar-refractivity contribution is 5.86. The fraction of sp³-hybridized carbons (Fsp3) is 0.800. The highest BCUT2D eigenvalue weighted by atomic mass is 16.4. The third-order valence-electron chi connectivity index (χ3n) is 2.20. The minimum atomic E-state index is -0.957. The summed E-state index contributed by atoms with van der Waals surface area (Å²) in [5.41, 5.74) is 0. The predicted molar refractivity (Wildman–Crippen MR) is 57.6 cm³/mol. The lowest BCUT2D eigenvalue weighted by Gasteiger charge is -2.24. The van der Waals surface area contributed by atoms with Gasteiger partial charge in [-0.25, -0.2) is 0 Å². The molecule has 0 fully saturated rings. The molecule has 0 heterocycles. The molecule has 1 atom stereocenters. The highest BCUT2D eigenvalue weighted by Gasteiger charge is 2.23. The summed E-state index contributed by atoms with van der Waals surface area (Å²) in [6, 6.07) is -0.604. The van der Waals surface area contributed by atoms with Gasteiger partial charge in [0.15, 0.2) is 0 Å². The van der Waals surface area contributed by atoms with Crippen molar-refractivity contribution in [3.8, 4) is 0 Å². The number of carbonyl (C=O) groups is 2. The Morgan fingerprint density at radius 1 is 1.27 bits per heavy atom. The largest absolute Gasteiger partial charge is 0.481 e. The van der Waals surface area contributed by atoms with E-state index in [0.29, 0.717) is 19.6 Å². The van der Waals surface area contributed by atoms with Crippen LogP contribution in [0.15, 0.2) is 0 Å². The van der Waals surface area contributed by atoms with E-state index < -0.39 is 12.0 Å². The minimum absolute atomic E-state index is 0.135. The smallest absolute Gasteiger partial charge is 0.305 e. The van der Waals surface area contributed by atoms with Crippen LogP contribution in [0.5, 0.6) is 0 Å². The Labute approximate surface area is 90.5 Å². The van der Waals surface area contributed by atoms with Gasteiger partial charge in [-0.05, 0) is 20.4 Å². The molecule has 0 aromatic carbocycles. The third kappa shape index (κ3) is 4.78. The number of hydrogen-bond donors (Lipinski definition) is 2. The molecule has 0 aliphatic heterocycles. The Hall–Kier alpha value is -1.10. The van der Waals surface area contributed by atoms with E-state index in [1.54, 1.807) is 4.90 Å². The van der Waals surface area contributed by atoms with Gasteiger partial charge in [0.1, 0.15) is 0 Å². The van der Waals surface area contributed by atoms with Crippen LogP contribution < -0.4 is 5.32 Å². The standard InChI is InChI=1S/C10H20N2O3/c1-4-11-8(7-9(13)14)10(15)12(5-2)6-3/h8,11H,4-7H2,1-3H3,(H,13,14). The number of carboxylic acid groups (broad SMARTS) is 1. The average molecular weight is 216 g/mol. The van der Waals surface area contributed by atoms with E-state index in [1.807, 2.05) is 20.8 Å². The Morgan fingerprint density at radius 2 is 1.80 bits per heavy atom. The summed E-state index contributed by atoms with van der Waals surface area (Å²) < 4.78 is 0. The van der Waals surface area contributed by atoms with Crippen molar-refractivity contribution >= 4 is 11.9 Å². The van der Waals surface area contributed by atoms with Crippen molar-refractivity contribution in [2.45, 2.75) is 33.2 Å². The molecule has 0 aromatic rings. The van der Waals surface area contributed by atoms with Crippen molar-refractivity contribution < 1.29 is 14.7 Å². The summed E-state index contributed by atoms with van der Waals surface area (Å²) in [5, 5.41) is 11.6. The molecule has 15 heavy (non-hydrogen) atoms. The first-order valence-corrected chi connectivity index (χ1v) is 5.30. The Morgan fingerprint density at radius 3 is 2.13 bits per heavy atom. The molecule has 0 aliphatic carbocycles. The normalized spacial score (nSPS) is 12.2. The Bertz CT molecular complexity index is 215. The van der Waals surface area contributed by atoms with E-state index in [9.17, 15) is 9.59 Å². The molecule has 0 bridgehead atoms. The van der Waals surface area contributed by atoms with E-state index in [-0.39, 0.29) is 12.3 Å². The van der Waals surface area contributed by atoms with Gasteiger partial charge in [-0.3, -0.25) is 9.59 Å². The van der Waals surface area contributed by atoms with Gasteiger partial charge >= 0.3 is 5.97 Å². The number of hydrogen-bond acceptors (Lipinski definition) is 3. The molecular formula is C10H20N2O3. The molecule has 0 aliphatic rings. The number of likely N-dealkylation sites (N-methyl/N-ethyl adjacent to an activating group) is 2. The average Bonchev–Trinajstić information content (AvgIpc) is 2.18. The SMILES string of the molecule is CCNC(CC(=O)O)C(=O)N(CC)CC. The van der Waals surface area contributed by atoms with Crippen LogP contribution in [0.1, 0.15) is 27.2 Å². The molecule has 5 nitrogen and oxygen atoms in total. The second-order valence-corrected chi connectivity index (χ2v) is 3.22. The summed E-state index contributed by atoms with van der Waals surface area (Å²) in [7, 11) is 0. The number of carbonyl (C=O) groups excluding carboxylic acids is 1. The lowest BCUT2D eigenvalue weighted by molar-refractivity contribution is -0.142. The first-order chi connectivity index (χ1) is 7.06. The maximum Gasteiger partial charge on any atom is 0.305 e. The first-order valence-electron chi connectivity index (χ1n) is 5.30. The van der Waals surface area contributed by atoms with Crippen LogP contribution in [0.25, 0.3) is 0 Å². The quantitative estimate of drug-likeness (QED) is 0.642. The molecular weight excluding hydrogens is 196 g/mol. The summed E-state index contributed by atoms with van der Waals surface area (Å²) in [6.07, 6.45) is -0.164. The van der Waals surface area contributed by atoms with Crippen LogP contribution in [0.3, 0.4) is 0 Å². The molecule has 0 spiro atoms. The van der Waals surface area contributed by atoms with Crippen LogP contribution in [0.2, 0.25) is 0 Å². The molecule has 0 radical (unpaired) electrons. The molecule has 0 rings (SSSR count). The molecule has 88 valence electrons. The van der Waals surface area contributed by atoms with Gasteiger partial charge in [-0.2, -0.15) is 0 Å². The molecule has 0 saturated heterocycles. The van der Waals surface area contributed by atoms with E-state index >= 15 is 0 Å². The van der Waals surface area contributed by atoms with Gasteiger partial charge in [0.05, 0.1) is 12.5 Å². The van der Waals surface area contributed by atoms with Gasteiger partial charge in [0.2, 0.25) is 5.91 Å². The van der Waals surface area contributed by atoms with Crippen LogP contribution in [-0.2, 0) is 9.59 Å². The number of aliphatic carboxylic acids is 1. The van der Waals surface area contributed by atoms with Gasteiger partial charge in [0, 0.05) is 13.1 Å². The maximum absolute atomic E-state index is 11.8. The van der Waals surface area contributed by atoms with E-state index in [4.69, 9.17) is 5.11 Å². The van der Waals surface area contributed by atoms with Crippen LogP contribution in [0, 0.1) is 0 Å². The fourth-order valence-corrected chi connectivity index (χ4v) is 1.42. The fourth-order valence-electron chi connectivity index (χ4n) is 1.42. The summed E-state index contributed by atoms with van der Waals surface area (Å²) in [5.74, 6) is -1.09. The van der Waals surface area contributed by atoms with Gasteiger partial charge in [-0.15, -0.1) is 0 Å². The molecule has 2 N–H and O–H groups in total. The zero-order valence-corrected chi connectivity index (χ0v) is 9.62. The number of carboxylic acids is 1. The topological polar surface area (TPSA) is 69.6 Å². The maximum atomic E-state index is 11.8. The van der Waals surface area contributed by atoms with E-state index in [0.717, 1.165) is 0 Å². The molecule has 5 heteroatoms. The molecule has 0 saturated carbocycles. The minimum Gasteiger partial charge on any atom is -0.481 e. The second kappa shape index (κ2) is 7.23. The predicted octanol–water partition coefficient (Wildman–Crippen LogP) is 0.308. The molecule has 1 unspecified atom stereocenters.